The molecule has 1 fully saturated rings. The fourth-order valence-electron chi connectivity index (χ4n) is 3.72. The van der Waals surface area contributed by atoms with E-state index in [0.717, 1.165) is 17.6 Å². The van der Waals surface area contributed by atoms with Crippen molar-refractivity contribution in [3.63, 3.8) is 0 Å². The van der Waals surface area contributed by atoms with Crippen LogP contribution in [0.5, 0.6) is 5.75 Å². The third kappa shape index (κ3) is 7.78. The summed E-state index contributed by atoms with van der Waals surface area (Å²) in [4.78, 5) is 0. The first-order valence-electron chi connectivity index (χ1n) is 10.1. The van der Waals surface area contributed by atoms with E-state index in [-0.39, 0.29) is 0 Å². The van der Waals surface area contributed by atoms with Gasteiger partial charge in [0, 0.05) is 0 Å². The van der Waals surface area contributed by atoms with Crippen molar-refractivity contribution in [1.82, 2.24) is 0 Å². The van der Waals surface area contributed by atoms with E-state index in [2.05, 4.69) is 25.1 Å². The second-order valence-corrected chi connectivity index (χ2v) is 7.36. The highest BCUT2D eigenvalue weighted by atomic mass is 16.5. The van der Waals surface area contributed by atoms with Crippen molar-refractivity contribution < 1.29 is 4.74 Å². The maximum atomic E-state index is 8.79. The Kier molecular flexibility index (Phi) is 9.19. The number of nitriles is 1. The monoisotopic (exact) mass is 339 g/mol. The first kappa shape index (κ1) is 19.6. The van der Waals surface area contributed by atoms with E-state index in [9.17, 15) is 0 Å². The molecule has 0 aromatic heterocycles. The maximum Gasteiger partial charge on any atom is 0.119 e. The molecule has 1 aromatic rings. The number of benzene rings is 1. The Morgan fingerprint density at radius 2 is 1.76 bits per heavy atom. The van der Waals surface area contributed by atoms with Crippen LogP contribution in [0.25, 0.3) is 0 Å². The zero-order valence-electron chi connectivity index (χ0n) is 15.8. The number of allylic oxidation sites excluding steroid dienone is 1. The van der Waals surface area contributed by atoms with E-state index in [1.165, 1.54) is 64.2 Å². The Labute approximate surface area is 153 Å². The summed E-state index contributed by atoms with van der Waals surface area (Å²) in [5.74, 6) is 2.54. The number of hydrogen-bond acceptors (Lipinski definition) is 2. The van der Waals surface area contributed by atoms with Crippen LogP contribution in [0.15, 0.2) is 36.4 Å². The van der Waals surface area contributed by atoms with Crippen molar-refractivity contribution in [2.75, 3.05) is 6.61 Å². The van der Waals surface area contributed by atoms with Gasteiger partial charge < -0.3 is 4.74 Å². The summed E-state index contributed by atoms with van der Waals surface area (Å²) in [7, 11) is 0. The molecule has 136 valence electrons. The molecule has 1 aromatic carbocycles. The van der Waals surface area contributed by atoms with Crippen molar-refractivity contribution in [3.8, 4) is 11.8 Å². The van der Waals surface area contributed by atoms with Gasteiger partial charge in [-0.15, -0.1) is 0 Å². The standard InChI is InChI=1S/C23H33NO/c1-2-3-4-5-6-8-20-10-12-21(13-11-20)9-7-18-25-23-16-14-22(19-24)15-17-23/h7,9,14-17,20-21H,2-6,8,10-13,18H2,1H3/b9-7+/t20-,21-. The molecule has 0 radical (unpaired) electrons. The fourth-order valence-corrected chi connectivity index (χ4v) is 3.72. The quantitative estimate of drug-likeness (QED) is 0.353. The van der Waals surface area contributed by atoms with Gasteiger partial charge in [-0.2, -0.15) is 5.26 Å². The van der Waals surface area contributed by atoms with E-state index >= 15 is 0 Å². The van der Waals surface area contributed by atoms with Crippen molar-refractivity contribution in [1.29, 1.82) is 5.26 Å². The zero-order valence-corrected chi connectivity index (χ0v) is 15.8. The van der Waals surface area contributed by atoms with E-state index in [0.29, 0.717) is 12.2 Å². The number of hydrogen-bond donors (Lipinski definition) is 0. The maximum absolute atomic E-state index is 8.79. The number of unbranched alkanes of at least 4 members (excludes halogenated alkanes) is 4. The minimum Gasteiger partial charge on any atom is -0.490 e. The Morgan fingerprint density at radius 3 is 2.44 bits per heavy atom. The third-order valence-corrected chi connectivity index (χ3v) is 5.35. The lowest BCUT2D eigenvalue weighted by molar-refractivity contribution is 0.287. The van der Waals surface area contributed by atoms with Crippen LogP contribution in [0.3, 0.4) is 0 Å². The van der Waals surface area contributed by atoms with Gasteiger partial charge >= 0.3 is 0 Å². The largest absolute Gasteiger partial charge is 0.490 e. The SMILES string of the molecule is CCCCCCC[C@H]1CC[C@H](/C=C/COc2ccc(C#N)cc2)CC1. The number of rotatable bonds is 10. The van der Waals surface area contributed by atoms with Gasteiger partial charge in [-0.1, -0.05) is 57.6 Å². The van der Waals surface area contributed by atoms with Crippen LogP contribution in [0, 0.1) is 23.2 Å². The topological polar surface area (TPSA) is 33.0 Å². The molecule has 0 saturated heterocycles. The van der Waals surface area contributed by atoms with Gasteiger partial charge in [0.1, 0.15) is 12.4 Å². The van der Waals surface area contributed by atoms with E-state index < -0.39 is 0 Å². The summed E-state index contributed by atoms with van der Waals surface area (Å²) in [5.41, 5.74) is 0.671. The lowest BCUT2D eigenvalue weighted by Gasteiger charge is -2.26. The molecule has 2 rings (SSSR count). The van der Waals surface area contributed by atoms with Crippen LogP contribution in [-0.4, -0.2) is 6.61 Å². The molecule has 1 aliphatic carbocycles. The van der Waals surface area contributed by atoms with E-state index in [1.54, 1.807) is 12.1 Å². The normalized spacial score (nSPS) is 20.5. The highest BCUT2D eigenvalue weighted by Crippen LogP contribution is 2.32. The van der Waals surface area contributed by atoms with Gasteiger partial charge in [0.2, 0.25) is 0 Å². The van der Waals surface area contributed by atoms with Crippen molar-refractivity contribution in [2.24, 2.45) is 11.8 Å². The van der Waals surface area contributed by atoms with Gasteiger partial charge in [-0.3, -0.25) is 0 Å². The van der Waals surface area contributed by atoms with Crippen molar-refractivity contribution >= 4 is 0 Å². The van der Waals surface area contributed by atoms with Gasteiger partial charge in [-0.05, 0) is 61.8 Å². The second-order valence-electron chi connectivity index (χ2n) is 7.36. The molecule has 25 heavy (non-hydrogen) atoms. The van der Waals surface area contributed by atoms with Crippen LogP contribution < -0.4 is 4.74 Å². The lowest BCUT2D eigenvalue weighted by Crippen LogP contribution is -2.13. The van der Waals surface area contributed by atoms with Gasteiger partial charge in [-0.25, -0.2) is 0 Å². The van der Waals surface area contributed by atoms with E-state index in [4.69, 9.17) is 10.00 Å². The minimum absolute atomic E-state index is 0.614. The molecule has 0 atom stereocenters. The average molecular weight is 340 g/mol. The summed E-state index contributed by atoms with van der Waals surface area (Å²) in [6.45, 7) is 2.90. The predicted octanol–water partition coefficient (Wildman–Crippen LogP) is 6.66. The van der Waals surface area contributed by atoms with Crippen LogP contribution in [0.1, 0.15) is 76.7 Å². The van der Waals surface area contributed by atoms with Crippen LogP contribution in [0.2, 0.25) is 0 Å². The Morgan fingerprint density at radius 1 is 1.04 bits per heavy atom. The summed E-state index contributed by atoms with van der Waals surface area (Å²) in [5, 5.41) is 8.79. The van der Waals surface area contributed by atoms with Crippen LogP contribution in [-0.2, 0) is 0 Å². The molecule has 0 heterocycles. The Balaban J connectivity index is 1.56. The smallest absolute Gasteiger partial charge is 0.119 e. The molecule has 0 amide bonds. The molecule has 1 aliphatic rings. The zero-order chi connectivity index (χ0) is 17.7. The summed E-state index contributed by atoms with van der Waals surface area (Å²) in [6, 6.07) is 9.43. The number of nitrogens with zero attached hydrogens (tertiary/aromatic N) is 1. The van der Waals surface area contributed by atoms with Gasteiger partial charge in [0.25, 0.3) is 0 Å². The average Bonchev–Trinajstić information content (AvgIpc) is 2.66. The first-order chi connectivity index (χ1) is 12.3. The molecule has 0 unspecified atom stereocenters. The highest BCUT2D eigenvalue weighted by Gasteiger charge is 2.18. The van der Waals surface area contributed by atoms with Crippen LogP contribution >= 0.6 is 0 Å². The molecule has 0 bridgehead atoms. The molecule has 0 spiro atoms. The van der Waals surface area contributed by atoms with Gasteiger partial charge in [0.15, 0.2) is 0 Å². The summed E-state index contributed by atoms with van der Waals surface area (Å²) < 4.78 is 5.71. The molecule has 1 saturated carbocycles. The third-order valence-electron chi connectivity index (χ3n) is 5.35. The minimum atomic E-state index is 0.614. The molecule has 0 N–H and O–H groups in total. The van der Waals surface area contributed by atoms with Crippen molar-refractivity contribution in [3.05, 3.63) is 42.0 Å². The van der Waals surface area contributed by atoms with Crippen molar-refractivity contribution in [2.45, 2.75) is 71.1 Å². The predicted molar refractivity (Wildman–Crippen MR) is 105 cm³/mol. The number of ether oxygens (including phenoxy) is 1. The summed E-state index contributed by atoms with van der Waals surface area (Å²) in [6.07, 6.45) is 18.5. The summed E-state index contributed by atoms with van der Waals surface area (Å²) >= 11 is 0. The molecular weight excluding hydrogens is 306 g/mol. The first-order valence-corrected chi connectivity index (χ1v) is 10.1. The molecular formula is C23H33NO. The second kappa shape index (κ2) is 11.7. The molecule has 0 aliphatic heterocycles. The molecule has 2 nitrogen and oxygen atoms in total. The lowest BCUT2D eigenvalue weighted by atomic mass is 9.79. The van der Waals surface area contributed by atoms with Crippen LogP contribution in [0.4, 0.5) is 0 Å². The fraction of sp³-hybridized carbons (Fsp3) is 0.609. The van der Waals surface area contributed by atoms with E-state index in [1.807, 2.05) is 12.1 Å². The van der Waals surface area contributed by atoms with Gasteiger partial charge in [0.05, 0.1) is 11.6 Å². The molecule has 2 heteroatoms. The Hall–Kier alpha value is -1.75. The highest BCUT2D eigenvalue weighted by molar-refractivity contribution is 5.34. The Bertz CT molecular complexity index is 532.